The molecule has 0 saturated carbocycles. The second-order valence-corrected chi connectivity index (χ2v) is 4.07. The highest BCUT2D eigenvalue weighted by molar-refractivity contribution is 5.25. The molecule has 0 fully saturated rings. The normalized spacial score (nSPS) is 27.3. The minimum atomic E-state index is 0.477. The largest absolute Gasteiger partial charge is 0.330 e. The fourth-order valence-electron chi connectivity index (χ4n) is 2.26. The molecule has 0 aliphatic heterocycles. The highest BCUT2D eigenvalue weighted by Crippen LogP contribution is 2.33. The third kappa shape index (κ3) is 1.37. The van der Waals surface area contributed by atoms with Gasteiger partial charge in [-0.05, 0) is 24.3 Å². The van der Waals surface area contributed by atoms with E-state index in [0.29, 0.717) is 11.8 Å². The maximum atomic E-state index is 5.77. The van der Waals surface area contributed by atoms with Crippen LogP contribution in [0.5, 0.6) is 0 Å². The van der Waals surface area contributed by atoms with Gasteiger partial charge in [-0.25, -0.2) is 0 Å². The molecule has 0 bridgehead atoms. The summed E-state index contributed by atoms with van der Waals surface area (Å²) >= 11 is 0. The quantitative estimate of drug-likeness (QED) is 0.700. The van der Waals surface area contributed by atoms with Gasteiger partial charge in [-0.15, -0.1) is 0 Å². The van der Waals surface area contributed by atoms with Gasteiger partial charge in [0, 0.05) is 25.7 Å². The van der Waals surface area contributed by atoms with Crippen molar-refractivity contribution in [1.82, 2.24) is 9.78 Å². The Balaban J connectivity index is 2.38. The van der Waals surface area contributed by atoms with Crippen molar-refractivity contribution in [1.29, 1.82) is 0 Å². The van der Waals surface area contributed by atoms with Crippen LogP contribution < -0.4 is 5.73 Å². The third-order valence-electron chi connectivity index (χ3n) is 3.10. The van der Waals surface area contributed by atoms with Crippen LogP contribution in [0.1, 0.15) is 30.5 Å². The second-order valence-electron chi connectivity index (χ2n) is 4.07. The summed E-state index contributed by atoms with van der Waals surface area (Å²) in [5, 5.41) is 4.49. The Kier molecular flexibility index (Phi) is 2.12. The van der Waals surface area contributed by atoms with E-state index in [-0.39, 0.29) is 0 Å². The lowest BCUT2D eigenvalue weighted by Crippen LogP contribution is -2.25. The van der Waals surface area contributed by atoms with E-state index in [0.717, 1.165) is 6.54 Å². The summed E-state index contributed by atoms with van der Waals surface area (Å²) in [4.78, 5) is 0. The molecule has 72 valence electrons. The summed E-state index contributed by atoms with van der Waals surface area (Å²) < 4.78 is 1.91. The summed E-state index contributed by atoms with van der Waals surface area (Å²) in [6, 6.07) is 0. The molecule has 0 spiro atoms. The van der Waals surface area contributed by atoms with E-state index in [4.69, 9.17) is 5.73 Å². The predicted molar refractivity (Wildman–Crippen MR) is 52.5 cm³/mol. The predicted octanol–water partition coefficient (Wildman–Crippen LogP) is 1.04. The Morgan fingerprint density at radius 1 is 1.69 bits per heavy atom. The number of aromatic nitrogens is 2. The topological polar surface area (TPSA) is 43.8 Å². The van der Waals surface area contributed by atoms with Crippen molar-refractivity contribution >= 4 is 0 Å². The first-order chi connectivity index (χ1) is 6.22. The Morgan fingerprint density at radius 2 is 2.46 bits per heavy atom. The molecule has 2 atom stereocenters. The molecule has 1 heterocycles. The summed E-state index contributed by atoms with van der Waals surface area (Å²) in [5.41, 5.74) is 8.41. The van der Waals surface area contributed by atoms with Gasteiger partial charge in [-0.2, -0.15) is 5.10 Å². The summed E-state index contributed by atoms with van der Waals surface area (Å²) in [6.07, 6.45) is 4.55. The Morgan fingerprint density at radius 3 is 3.15 bits per heavy atom. The molecule has 1 aliphatic rings. The van der Waals surface area contributed by atoms with E-state index in [1.165, 1.54) is 24.1 Å². The zero-order valence-electron chi connectivity index (χ0n) is 8.33. The van der Waals surface area contributed by atoms with Crippen molar-refractivity contribution in [2.45, 2.75) is 25.7 Å². The molecule has 0 aromatic carbocycles. The van der Waals surface area contributed by atoms with Crippen molar-refractivity contribution in [2.75, 3.05) is 6.54 Å². The van der Waals surface area contributed by atoms with Gasteiger partial charge in [0.2, 0.25) is 0 Å². The maximum Gasteiger partial charge on any atom is 0.0702 e. The first-order valence-corrected chi connectivity index (χ1v) is 4.95. The number of nitrogens with two attached hydrogens (primary N) is 1. The van der Waals surface area contributed by atoms with Crippen molar-refractivity contribution in [3.63, 3.8) is 0 Å². The van der Waals surface area contributed by atoms with Crippen molar-refractivity contribution < 1.29 is 0 Å². The molecule has 1 aromatic heterocycles. The van der Waals surface area contributed by atoms with E-state index < -0.39 is 0 Å². The van der Waals surface area contributed by atoms with Crippen LogP contribution in [0.2, 0.25) is 0 Å². The lowest BCUT2D eigenvalue weighted by atomic mass is 9.80. The molecule has 3 heteroatoms. The zero-order valence-corrected chi connectivity index (χ0v) is 8.33. The smallest absolute Gasteiger partial charge is 0.0702 e. The number of hydrogen-bond acceptors (Lipinski definition) is 2. The van der Waals surface area contributed by atoms with Gasteiger partial charge in [-0.3, -0.25) is 4.68 Å². The summed E-state index contributed by atoms with van der Waals surface area (Å²) in [7, 11) is 1.98. The Hall–Kier alpha value is -0.830. The SMILES string of the molecule is CC1CCc2cn(C)nc2C1CN. The van der Waals surface area contributed by atoms with Crippen LogP contribution in [0.15, 0.2) is 6.20 Å². The van der Waals surface area contributed by atoms with E-state index in [9.17, 15) is 0 Å². The van der Waals surface area contributed by atoms with Gasteiger partial charge in [0.15, 0.2) is 0 Å². The monoisotopic (exact) mass is 179 g/mol. The van der Waals surface area contributed by atoms with Gasteiger partial charge in [0.05, 0.1) is 5.69 Å². The molecule has 2 unspecified atom stereocenters. The average molecular weight is 179 g/mol. The van der Waals surface area contributed by atoms with E-state index >= 15 is 0 Å². The van der Waals surface area contributed by atoms with Crippen molar-refractivity contribution in [2.24, 2.45) is 18.7 Å². The number of fused-ring (bicyclic) bond motifs is 1. The van der Waals surface area contributed by atoms with Gasteiger partial charge >= 0.3 is 0 Å². The molecule has 0 saturated heterocycles. The van der Waals surface area contributed by atoms with Crippen LogP contribution in [-0.2, 0) is 13.5 Å². The standard InChI is InChI=1S/C10H17N3/c1-7-3-4-8-6-13(2)12-10(8)9(7)5-11/h6-7,9H,3-5,11H2,1-2H3. The van der Waals surface area contributed by atoms with Crippen LogP contribution in [0, 0.1) is 5.92 Å². The lowest BCUT2D eigenvalue weighted by Gasteiger charge is -2.26. The van der Waals surface area contributed by atoms with Crippen LogP contribution in [0.3, 0.4) is 0 Å². The van der Waals surface area contributed by atoms with Crippen LogP contribution in [-0.4, -0.2) is 16.3 Å². The molecule has 0 amide bonds. The molecule has 0 radical (unpaired) electrons. The second kappa shape index (κ2) is 3.14. The van der Waals surface area contributed by atoms with Gasteiger partial charge in [-0.1, -0.05) is 6.92 Å². The molecule has 13 heavy (non-hydrogen) atoms. The van der Waals surface area contributed by atoms with Gasteiger partial charge in [0.25, 0.3) is 0 Å². The number of nitrogens with zero attached hydrogens (tertiary/aromatic N) is 2. The molecule has 1 aromatic rings. The fraction of sp³-hybridized carbons (Fsp3) is 0.700. The number of rotatable bonds is 1. The van der Waals surface area contributed by atoms with E-state index in [1.807, 2.05) is 11.7 Å². The third-order valence-corrected chi connectivity index (χ3v) is 3.10. The first-order valence-electron chi connectivity index (χ1n) is 4.95. The van der Waals surface area contributed by atoms with Crippen LogP contribution in [0.25, 0.3) is 0 Å². The highest BCUT2D eigenvalue weighted by Gasteiger charge is 2.27. The molecule has 2 rings (SSSR count). The fourth-order valence-corrected chi connectivity index (χ4v) is 2.26. The summed E-state index contributed by atoms with van der Waals surface area (Å²) in [5.74, 6) is 1.16. The Bertz CT molecular complexity index is 303. The van der Waals surface area contributed by atoms with Crippen molar-refractivity contribution in [3.05, 3.63) is 17.5 Å². The van der Waals surface area contributed by atoms with Crippen LogP contribution >= 0.6 is 0 Å². The minimum absolute atomic E-state index is 0.477. The minimum Gasteiger partial charge on any atom is -0.330 e. The van der Waals surface area contributed by atoms with E-state index in [2.05, 4.69) is 18.2 Å². The molecule has 3 nitrogen and oxygen atoms in total. The number of hydrogen-bond donors (Lipinski definition) is 1. The summed E-state index contributed by atoms with van der Waals surface area (Å²) in [6.45, 7) is 3.00. The molecular weight excluding hydrogens is 162 g/mol. The first kappa shape index (κ1) is 8.75. The maximum absolute atomic E-state index is 5.77. The lowest BCUT2D eigenvalue weighted by molar-refractivity contribution is 0.400. The van der Waals surface area contributed by atoms with Gasteiger partial charge in [0.1, 0.15) is 0 Å². The van der Waals surface area contributed by atoms with Crippen molar-refractivity contribution in [3.8, 4) is 0 Å². The van der Waals surface area contributed by atoms with Crippen LogP contribution in [0.4, 0.5) is 0 Å². The van der Waals surface area contributed by atoms with Gasteiger partial charge < -0.3 is 5.73 Å². The molecule has 1 aliphatic carbocycles. The zero-order chi connectivity index (χ0) is 9.42. The van der Waals surface area contributed by atoms with E-state index in [1.54, 1.807) is 0 Å². The Labute approximate surface area is 78.9 Å². The molecular formula is C10H17N3. The molecule has 2 N–H and O–H groups in total. The average Bonchev–Trinajstić information content (AvgIpc) is 2.45. The number of aryl methyl sites for hydroxylation is 2. The highest BCUT2D eigenvalue weighted by atomic mass is 15.3.